The molecule has 2 amide bonds. The summed E-state index contributed by atoms with van der Waals surface area (Å²) in [6.45, 7) is 4.58. The SMILES string of the molecule is COc1cc(OC)cc(OCC(=O)N(Cc2cccc(Br)c2)[C@H](Cc2ccccc2)C(=O)NCC(C)C)c1. The van der Waals surface area contributed by atoms with Gasteiger partial charge < -0.3 is 24.4 Å². The van der Waals surface area contributed by atoms with E-state index in [1.807, 2.05) is 68.4 Å². The zero-order chi connectivity index (χ0) is 27.5. The van der Waals surface area contributed by atoms with Crippen molar-refractivity contribution in [3.05, 3.63) is 88.4 Å². The summed E-state index contributed by atoms with van der Waals surface area (Å²) >= 11 is 3.51. The Morgan fingerprint density at radius 2 is 1.50 bits per heavy atom. The average molecular weight is 584 g/mol. The van der Waals surface area contributed by atoms with Crippen LogP contribution in [0.5, 0.6) is 17.2 Å². The van der Waals surface area contributed by atoms with E-state index in [0.29, 0.717) is 30.2 Å². The number of ether oxygens (including phenoxy) is 3. The molecular weight excluding hydrogens is 548 g/mol. The van der Waals surface area contributed by atoms with Crippen molar-refractivity contribution >= 4 is 27.7 Å². The minimum atomic E-state index is -0.730. The van der Waals surface area contributed by atoms with Gasteiger partial charge >= 0.3 is 0 Å². The van der Waals surface area contributed by atoms with Gasteiger partial charge in [0.1, 0.15) is 23.3 Å². The van der Waals surface area contributed by atoms with E-state index in [9.17, 15) is 9.59 Å². The van der Waals surface area contributed by atoms with Gasteiger partial charge in [-0.3, -0.25) is 9.59 Å². The van der Waals surface area contributed by atoms with E-state index in [4.69, 9.17) is 14.2 Å². The minimum absolute atomic E-state index is 0.200. The first-order valence-electron chi connectivity index (χ1n) is 12.5. The number of rotatable bonds is 13. The molecule has 0 saturated heterocycles. The fourth-order valence-corrected chi connectivity index (χ4v) is 4.35. The highest BCUT2D eigenvalue weighted by Crippen LogP contribution is 2.27. The van der Waals surface area contributed by atoms with Gasteiger partial charge in [-0.25, -0.2) is 0 Å². The van der Waals surface area contributed by atoms with Crippen molar-refractivity contribution in [1.82, 2.24) is 10.2 Å². The van der Waals surface area contributed by atoms with Gasteiger partial charge in [-0.2, -0.15) is 0 Å². The van der Waals surface area contributed by atoms with Gasteiger partial charge in [0.25, 0.3) is 5.91 Å². The summed E-state index contributed by atoms with van der Waals surface area (Å²) in [6, 6.07) is 21.8. The smallest absolute Gasteiger partial charge is 0.261 e. The maximum atomic E-state index is 13.7. The van der Waals surface area contributed by atoms with E-state index in [1.165, 1.54) is 0 Å². The molecule has 3 rings (SSSR count). The van der Waals surface area contributed by atoms with Crippen molar-refractivity contribution in [3.63, 3.8) is 0 Å². The van der Waals surface area contributed by atoms with Gasteiger partial charge in [0.05, 0.1) is 14.2 Å². The Bertz CT molecular complexity index is 1180. The molecule has 0 aliphatic heterocycles. The second-order valence-corrected chi connectivity index (χ2v) is 10.2. The fraction of sp³-hybridized carbons (Fsp3) is 0.333. The number of carbonyl (C=O) groups is 2. The number of nitrogens with one attached hydrogen (secondary N) is 1. The largest absolute Gasteiger partial charge is 0.496 e. The number of hydrogen-bond acceptors (Lipinski definition) is 5. The lowest BCUT2D eigenvalue weighted by Crippen LogP contribution is -2.52. The molecule has 7 nitrogen and oxygen atoms in total. The normalized spacial score (nSPS) is 11.5. The first-order valence-corrected chi connectivity index (χ1v) is 13.3. The summed E-state index contributed by atoms with van der Waals surface area (Å²) in [5.41, 5.74) is 1.85. The Labute approximate surface area is 233 Å². The molecule has 0 radical (unpaired) electrons. The number of nitrogens with zero attached hydrogens (tertiary/aromatic N) is 1. The molecule has 0 spiro atoms. The number of carbonyl (C=O) groups excluding carboxylic acids is 2. The van der Waals surface area contributed by atoms with Crippen LogP contribution in [0.2, 0.25) is 0 Å². The lowest BCUT2D eigenvalue weighted by atomic mass is 10.0. The highest BCUT2D eigenvalue weighted by molar-refractivity contribution is 9.10. The first-order chi connectivity index (χ1) is 18.3. The maximum absolute atomic E-state index is 13.7. The molecule has 0 unspecified atom stereocenters. The van der Waals surface area contributed by atoms with Crippen LogP contribution < -0.4 is 19.5 Å². The molecule has 0 aliphatic carbocycles. The predicted molar refractivity (Wildman–Crippen MR) is 152 cm³/mol. The van der Waals surface area contributed by atoms with Crippen molar-refractivity contribution in [3.8, 4) is 17.2 Å². The van der Waals surface area contributed by atoms with E-state index in [0.717, 1.165) is 15.6 Å². The van der Waals surface area contributed by atoms with Crippen molar-refractivity contribution < 1.29 is 23.8 Å². The van der Waals surface area contributed by atoms with Crippen LogP contribution >= 0.6 is 15.9 Å². The molecule has 0 fully saturated rings. The van der Waals surface area contributed by atoms with Crippen molar-refractivity contribution in [2.75, 3.05) is 27.4 Å². The highest BCUT2D eigenvalue weighted by atomic mass is 79.9. The van der Waals surface area contributed by atoms with Crippen LogP contribution in [0, 0.1) is 5.92 Å². The Hall–Kier alpha value is -3.52. The molecule has 8 heteroatoms. The van der Waals surface area contributed by atoms with Crippen LogP contribution in [-0.2, 0) is 22.6 Å². The van der Waals surface area contributed by atoms with E-state index in [2.05, 4.69) is 21.2 Å². The highest BCUT2D eigenvalue weighted by Gasteiger charge is 2.31. The van der Waals surface area contributed by atoms with Gasteiger partial charge in [0.2, 0.25) is 5.91 Å². The van der Waals surface area contributed by atoms with Crippen LogP contribution in [0.4, 0.5) is 0 Å². The summed E-state index contributed by atoms with van der Waals surface area (Å²) in [7, 11) is 3.10. The van der Waals surface area contributed by atoms with Crippen LogP contribution in [0.25, 0.3) is 0 Å². The molecule has 202 valence electrons. The third-order valence-corrected chi connectivity index (χ3v) is 6.38. The molecule has 3 aromatic carbocycles. The monoisotopic (exact) mass is 582 g/mol. The Morgan fingerprint density at radius 3 is 2.11 bits per heavy atom. The molecule has 3 aromatic rings. The van der Waals surface area contributed by atoms with Crippen LogP contribution in [-0.4, -0.2) is 50.1 Å². The van der Waals surface area contributed by atoms with E-state index < -0.39 is 6.04 Å². The van der Waals surface area contributed by atoms with E-state index in [-0.39, 0.29) is 30.9 Å². The molecule has 1 N–H and O–H groups in total. The fourth-order valence-electron chi connectivity index (χ4n) is 3.90. The average Bonchev–Trinajstić information content (AvgIpc) is 2.92. The van der Waals surface area contributed by atoms with Gasteiger partial charge in [-0.05, 0) is 29.2 Å². The lowest BCUT2D eigenvalue weighted by molar-refractivity contribution is -0.142. The number of hydrogen-bond donors (Lipinski definition) is 1. The van der Waals surface area contributed by atoms with Crippen LogP contribution in [0.15, 0.2) is 77.3 Å². The van der Waals surface area contributed by atoms with Gasteiger partial charge in [0, 0.05) is 42.2 Å². The van der Waals surface area contributed by atoms with Gasteiger partial charge in [-0.15, -0.1) is 0 Å². The van der Waals surface area contributed by atoms with Crippen molar-refractivity contribution in [2.24, 2.45) is 5.92 Å². The number of benzene rings is 3. The molecule has 0 saturated carbocycles. The van der Waals surface area contributed by atoms with Crippen molar-refractivity contribution in [1.29, 1.82) is 0 Å². The van der Waals surface area contributed by atoms with Crippen molar-refractivity contribution in [2.45, 2.75) is 32.9 Å². The van der Waals surface area contributed by atoms with Crippen LogP contribution in [0.3, 0.4) is 0 Å². The number of methoxy groups -OCH3 is 2. The van der Waals surface area contributed by atoms with Gasteiger partial charge in [0.15, 0.2) is 6.61 Å². The minimum Gasteiger partial charge on any atom is -0.496 e. The first kappa shape index (κ1) is 29.0. The molecule has 0 aromatic heterocycles. The Kier molecular flexibility index (Phi) is 11.0. The number of halogens is 1. The zero-order valence-corrected chi connectivity index (χ0v) is 23.9. The Balaban J connectivity index is 1.91. The Morgan fingerprint density at radius 1 is 0.868 bits per heavy atom. The maximum Gasteiger partial charge on any atom is 0.261 e. The molecule has 0 bridgehead atoms. The molecule has 38 heavy (non-hydrogen) atoms. The molecule has 0 aliphatic rings. The summed E-state index contributed by atoms with van der Waals surface area (Å²) in [6.07, 6.45) is 0.373. The summed E-state index contributed by atoms with van der Waals surface area (Å²) in [4.78, 5) is 28.8. The third kappa shape index (κ3) is 8.80. The van der Waals surface area contributed by atoms with E-state index >= 15 is 0 Å². The van der Waals surface area contributed by atoms with E-state index in [1.54, 1.807) is 37.3 Å². The third-order valence-electron chi connectivity index (χ3n) is 5.88. The molecular formula is C30H35BrN2O5. The second kappa shape index (κ2) is 14.4. The van der Waals surface area contributed by atoms with Crippen LogP contribution in [0.1, 0.15) is 25.0 Å². The van der Waals surface area contributed by atoms with Gasteiger partial charge in [-0.1, -0.05) is 72.2 Å². The molecule has 1 atom stereocenters. The predicted octanol–water partition coefficient (Wildman–Crippen LogP) is 5.26. The number of amides is 2. The summed E-state index contributed by atoms with van der Waals surface area (Å²) in [5.74, 6) is 1.29. The second-order valence-electron chi connectivity index (χ2n) is 9.33. The summed E-state index contributed by atoms with van der Waals surface area (Å²) < 4.78 is 17.4. The zero-order valence-electron chi connectivity index (χ0n) is 22.3. The quantitative estimate of drug-likeness (QED) is 0.297. The summed E-state index contributed by atoms with van der Waals surface area (Å²) in [5, 5.41) is 3.02. The molecule has 0 heterocycles. The topological polar surface area (TPSA) is 77.1 Å². The standard InChI is InChI=1S/C30H35BrN2O5/c1-21(2)18-32-30(35)28(14-22-9-6-5-7-10-22)33(19-23-11-8-12-24(31)13-23)29(34)20-38-27-16-25(36-3)15-26(17-27)37-4/h5-13,15-17,21,28H,14,18-20H2,1-4H3,(H,32,35)/t28-/m1/s1. The lowest BCUT2D eigenvalue weighted by Gasteiger charge is -2.31.